The fourth-order valence-corrected chi connectivity index (χ4v) is 3.23. The SMILES string of the molecule is NC(=O)c1c(N)n(-c2ccc(NC(=O)Nc3cc(C(F)(F)F)ccc3-n3cncn3)cc2)c[n+]1[O-]. The number of hydrogen-bond acceptors (Lipinski definition) is 6. The van der Waals surface area contributed by atoms with Crippen LogP contribution in [0.5, 0.6) is 0 Å². The normalized spacial score (nSPS) is 11.3. The highest BCUT2D eigenvalue weighted by molar-refractivity contribution is 6.01. The highest BCUT2D eigenvalue weighted by Crippen LogP contribution is 2.33. The van der Waals surface area contributed by atoms with E-state index >= 15 is 0 Å². The smallest absolute Gasteiger partial charge is 0.416 e. The van der Waals surface area contributed by atoms with Gasteiger partial charge in [0.1, 0.15) is 18.3 Å². The number of aromatic nitrogens is 5. The molecule has 15 heteroatoms. The van der Waals surface area contributed by atoms with Crippen LogP contribution in [0.25, 0.3) is 11.4 Å². The molecule has 0 radical (unpaired) electrons. The number of alkyl halides is 3. The van der Waals surface area contributed by atoms with Gasteiger partial charge in [-0.15, -0.1) is 0 Å². The summed E-state index contributed by atoms with van der Waals surface area (Å²) in [5, 5.41) is 20.6. The first-order chi connectivity index (χ1) is 16.5. The lowest BCUT2D eigenvalue weighted by Gasteiger charge is -2.15. The predicted octanol–water partition coefficient (Wildman–Crippen LogP) is 2.04. The monoisotopic (exact) mass is 487 g/mol. The summed E-state index contributed by atoms with van der Waals surface area (Å²) in [6.45, 7) is 0. The molecule has 0 spiro atoms. The Kier molecular flexibility index (Phi) is 5.74. The molecule has 0 saturated carbocycles. The average molecular weight is 487 g/mol. The molecule has 0 unspecified atom stereocenters. The Balaban J connectivity index is 1.55. The van der Waals surface area contributed by atoms with E-state index in [2.05, 4.69) is 20.7 Å². The molecule has 35 heavy (non-hydrogen) atoms. The van der Waals surface area contributed by atoms with E-state index in [4.69, 9.17) is 11.5 Å². The number of carbonyl (C=O) groups excluding carboxylic acids is 2. The van der Waals surface area contributed by atoms with Gasteiger partial charge in [-0.25, -0.2) is 19.2 Å². The minimum Gasteiger partial charge on any atom is -0.710 e. The van der Waals surface area contributed by atoms with Gasteiger partial charge in [-0.1, -0.05) is 0 Å². The second-order valence-electron chi connectivity index (χ2n) is 7.11. The third-order valence-corrected chi connectivity index (χ3v) is 4.82. The fraction of sp³-hybridized carbons (Fsp3) is 0.0500. The standard InChI is InChI=1S/C20H16F3N9O3/c21-20(22,23)11-1-6-15(31-9-26-8-27-31)14(7-11)29-19(34)28-12-2-4-13(5-3-12)30-10-32(35)16(17(30)24)18(25)33/h1-10H,24H2,(H2,25,33)(H2,28,29,34). The Morgan fingerprint density at radius 2 is 1.80 bits per heavy atom. The Morgan fingerprint density at radius 1 is 1.09 bits per heavy atom. The van der Waals surface area contributed by atoms with Gasteiger partial charge in [-0.2, -0.15) is 22.8 Å². The summed E-state index contributed by atoms with van der Waals surface area (Å²) in [6.07, 6.45) is -1.14. The summed E-state index contributed by atoms with van der Waals surface area (Å²) in [7, 11) is 0. The number of carbonyl (C=O) groups is 2. The van der Waals surface area contributed by atoms with Gasteiger partial charge >= 0.3 is 12.2 Å². The van der Waals surface area contributed by atoms with Crippen LogP contribution in [0.3, 0.4) is 0 Å². The number of benzene rings is 2. The second-order valence-corrected chi connectivity index (χ2v) is 7.11. The van der Waals surface area contributed by atoms with Crippen LogP contribution in [-0.4, -0.2) is 31.3 Å². The molecule has 2 aromatic carbocycles. The Labute approximate surface area is 194 Å². The van der Waals surface area contributed by atoms with Gasteiger partial charge in [0.25, 0.3) is 23.7 Å². The molecule has 4 aromatic rings. The Morgan fingerprint density at radius 3 is 2.37 bits per heavy atom. The minimum atomic E-state index is -4.62. The van der Waals surface area contributed by atoms with E-state index in [9.17, 15) is 28.0 Å². The van der Waals surface area contributed by atoms with Gasteiger partial charge in [-0.3, -0.25) is 4.79 Å². The number of imidazole rings is 1. The van der Waals surface area contributed by atoms with Crippen LogP contribution in [0.4, 0.5) is 35.2 Å². The Hall–Kier alpha value is -5.08. The van der Waals surface area contributed by atoms with E-state index in [0.29, 0.717) is 5.69 Å². The highest BCUT2D eigenvalue weighted by Gasteiger charge is 2.31. The quantitative estimate of drug-likeness (QED) is 0.248. The predicted molar refractivity (Wildman–Crippen MR) is 117 cm³/mol. The van der Waals surface area contributed by atoms with Crippen LogP contribution in [0.2, 0.25) is 0 Å². The first-order valence-electron chi connectivity index (χ1n) is 9.69. The van der Waals surface area contributed by atoms with Crippen LogP contribution in [0.15, 0.2) is 61.4 Å². The van der Waals surface area contributed by atoms with Crippen molar-refractivity contribution in [2.24, 2.45) is 5.73 Å². The maximum Gasteiger partial charge on any atom is 0.416 e. The van der Waals surface area contributed by atoms with Crippen LogP contribution in [0, 0.1) is 5.21 Å². The number of nitrogens with one attached hydrogen (secondary N) is 2. The summed E-state index contributed by atoms with van der Waals surface area (Å²) < 4.78 is 42.2. The van der Waals surface area contributed by atoms with Crippen molar-refractivity contribution < 1.29 is 27.5 Å². The largest absolute Gasteiger partial charge is 0.710 e. The molecule has 0 atom stereocenters. The molecular weight excluding hydrogens is 471 g/mol. The molecule has 0 saturated heterocycles. The lowest BCUT2D eigenvalue weighted by atomic mass is 10.1. The number of hydrogen-bond donors (Lipinski definition) is 4. The number of rotatable bonds is 5. The van der Waals surface area contributed by atoms with Crippen molar-refractivity contribution in [1.29, 1.82) is 0 Å². The molecular formula is C20H16F3N9O3. The van der Waals surface area contributed by atoms with Crippen molar-refractivity contribution in [3.8, 4) is 11.4 Å². The van der Waals surface area contributed by atoms with E-state index in [1.165, 1.54) is 46.2 Å². The summed E-state index contributed by atoms with van der Waals surface area (Å²) in [5.41, 5.74) is 10.2. The van der Waals surface area contributed by atoms with Crippen molar-refractivity contribution in [3.05, 3.63) is 77.9 Å². The number of anilines is 3. The Bertz CT molecular complexity index is 1400. The molecule has 2 heterocycles. The molecule has 0 fully saturated rings. The highest BCUT2D eigenvalue weighted by atomic mass is 19.4. The van der Waals surface area contributed by atoms with Gasteiger partial charge < -0.3 is 27.3 Å². The van der Waals surface area contributed by atoms with Crippen molar-refractivity contribution in [2.45, 2.75) is 6.18 Å². The van der Waals surface area contributed by atoms with Crippen molar-refractivity contribution in [1.82, 2.24) is 19.3 Å². The number of urea groups is 1. The molecule has 0 bridgehead atoms. The van der Waals surface area contributed by atoms with E-state index < -0.39 is 29.4 Å². The molecule has 2 aromatic heterocycles. The zero-order chi connectivity index (χ0) is 25.3. The van der Waals surface area contributed by atoms with E-state index in [1.807, 2.05) is 0 Å². The minimum absolute atomic E-state index is 0.154. The maximum absolute atomic E-state index is 13.2. The fourth-order valence-electron chi connectivity index (χ4n) is 3.23. The summed E-state index contributed by atoms with van der Waals surface area (Å²) in [6, 6.07) is 7.86. The number of amides is 3. The van der Waals surface area contributed by atoms with Crippen LogP contribution < -0.4 is 26.8 Å². The van der Waals surface area contributed by atoms with Crippen molar-refractivity contribution in [2.75, 3.05) is 16.4 Å². The zero-order valence-electron chi connectivity index (χ0n) is 17.5. The van der Waals surface area contributed by atoms with Gasteiger partial charge in [0.15, 0.2) is 0 Å². The maximum atomic E-state index is 13.2. The van der Waals surface area contributed by atoms with Crippen molar-refractivity contribution >= 4 is 29.1 Å². The van der Waals surface area contributed by atoms with Crippen molar-refractivity contribution in [3.63, 3.8) is 0 Å². The molecule has 12 nitrogen and oxygen atoms in total. The topological polar surface area (TPSA) is 173 Å². The first-order valence-corrected chi connectivity index (χ1v) is 9.69. The van der Waals surface area contributed by atoms with Crippen LogP contribution in [-0.2, 0) is 6.18 Å². The van der Waals surface area contributed by atoms with Gasteiger partial charge in [0.2, 0.25) is 0 Å². The third kappa shape index (κ3) is 4.68. The van der Waals surface area contributed by atoms with E-state index in [-0.39, 0.29) is 27.6 Å². The lowest BCUT2D eigenvalue weighted by molar-refractivity contribution is -0.606. The second kappa shape index (κ2) is 8.69. The zero-order valence-corrected chi connectivity index (χ0v) is 17.5. The molecule has 180 valence electrons. The molecule has 0 aliphatic heterocycles. The number of nitrogens with zero attached hydrogens (tertiary/aromatic N) is 5. The third-order valence-electron chi connectivity index (χ3n) is 4.82. The number of nitrogen functional groups attached to an aromatic ring is 1. The first kappa shape index (κ1) is 23.1. The average Bonchev–Trinajstić information content (AvgIpc) is 3.41. The summed E-state index contributed by atoms with van der Waals surface area (Å²) in [4.78, 5) is 27.7. The number of halogens is 3. The summed E-state index contributed by atoms with van der Waals surface area (Å²) >= 11 is 0. The van der Waals surface area contributed by atoms with E-state index in [0.717, 1.165) is 24.5 Å². The molecule has 0 aliphatic rings. The molecule has 6 N–H and O–H groups in total. The van der Waals surface area contributed by atoms with Gasteiger partial charge in [-0.05, 0) is 42.5 Å². The molecule has 3 amide bonds. The molecule has 0 aliphatic carbocycles. The summed E-state index contributed by atoms with van der Waals surface area (Å²) in [5.74, 6) is -1.16. The number of nitrogens with two attached hydrogens (primary N) is 2. The molecule has 4 rings (SSSR count). The lowest BCUT2D eigenvalue weighted by Crippen LogP contribution is -2.34. The van der Waals surface area contributed by atoms with Crippen LogP contribution in [0.1, 0.15) is 16.1 Å². The van der Waals surface area contributed by atoms with Crippen LogP contribution >= 0.6 is 0 Å². The van der Waals surface area contributed by atoms with E-state index in [1.54, 1.807) is 0 Å². The van der Waals surface area contributed by atoms with Gasteiger partial charge in [0, 0.05) is 5.69 Å². The number of primary amides is 1. The van der Waals surface area contributed by atoms with Gasteiger partial charge in [0.05, 0.1) is 16.9 Å².